The van der Waals surface area contributed by atoms with Crippen LogP contribution in [-0.2, 0) is 11.3 Å². The van der Waals surface area contributed by atoms with E-state index in [2.05, 4.69) is 10.2 Å². The fourth-order valence-electron chi connectivity index (χ4n) is 3.46. The van der Waals surface area contributed by atoms with Crippen LogP contribution in [0.3, 0.4) is 0 Å². The quantitative estimate of drug-likeness (QED) is 0.831. The minimum absolute atomic E-state index is 0.0120. The largest absolute Gasteiger partial charge is 0.357 e. The van der Waals surface area contributed by atoms with E-state index in [9.17, 15) is 9.18 Å². The maximum atomic E-state index is 13.5. The summed E-state index contributed by atoms with van der Waals surface area (Å²) in [4.78, 5) is 16.9. The van der Waals surface area contributed by atoms with Crippen molar-refractivity contribution < 1.29 is 9.18 Å². The van der Waals surface area contributed by atoms with Crippen LogP contribution in [0.15, 0.2) is 36.4 Å². The molecule has 1 aliphatic heterocycles. The van der Waals surface area contributed by atoms with E-state index in [1.807, 2.05) is 6.92 Å². The van der Waals surface area contributed by atoms with E-state index >= 15 is 0 Å². The Morgan fingerprint density at radius 3 is 2.63 bits per heavy atom. The lowest BCUT2D eigenvalue weighted by atomic mass is 10.1. The molecule has 2 aromatic carbocycles. The van der Waals surface area contributed by atoms with E-state index in [-0.39, 0.29) is 17.8 Å². The third-order valence-electron chi connectivity index (χ3n) is 4.72. The van der Waals surface area contributed by atoms with Crippen LogP contribution in [0.2, 0.25) is 10.0 Å². The molecule has 0 radical (unpaired) electrons. The second-order valence-corrected chi connectivity index (χ2v) is 7.69. The van der Waals surface area contributed by atoms with Gasteiger partial charge in [-0.2, -0.15) is 0 Å². The number of benzene rings is 2. The molecule has 1 aliphatic rings. The molecule has 7 heteroatoms. The Morgan fingerprint density at radius 1 is 1.26 bits per heavy atom. The number of likely N-dealkylation sites (N-methyl/N-ethyl adjacent to an activating group) is 1. The van der Waals surface area contributed by atoms with Crippen LogP contribution in [0.5, 0.6) is 0 Å². The molecule has 1 atom stereocenters. The van der Waals surface area contributed by atoms with Crippen molar-refractivity contribution in [2.45, 2.75) is 19.5 Å². The van der Waals surface area contributed by atoms with Gasteiger partial charge in [0.15, 0.2) is 0 Å². The zero-order valence-electron chi connectivity index (χ0n) is 15.3. The SMILES string of the molecule is Cc1cc(F)ccc1N1CCNC[C@H]1C(=O)N(C)Cc1cc(Cl)cc(Cl)c1. The minimum Gasteiger partial charge on any atom is -0.357 e. The predicted octanol–water partition coefficient (Wildman–Crippen LogP) is 3.88. The predicted molar refractivity (Wildman–Crippen MR) is 108 cm³/mol. The number of carbonyl (C=O) groups is 1. The zero-order chi connectivity index (χ0) is 19.6. The number of halogens is 3. The normalized spacial score (nSPS) is 17.1. The highest BCUT2D eigenvalue weighted by molar-refractivity contribution is 6.34. The molecule has 0 aromatic heterocycles. The standard InChI is InChI=1S/C20H22Cl2FN3O/c1-13-7-17(23)3-4-18(13)26-6-5-24-11-19(26)20(27)25(2)12-14-8-15(21)10-16(22)9-14/h3-4,7-10,19,24H,5-6,11-12H2,1-2H3/t19-/m0/s1. The molecule has 0 spiro atoms. The van der Waals surface area contributed by atoms with E-state index in [1.54, 1.807) is 36.2 Å². The van der Waals surface area contributed by atoms with Crippen molar-refractivity contribution >= 4 is 34.8 Å². The van der Waals surface area contributed by atoms with Gasteiger partial charge in [-0.3, -0.25) is 4.79 Å². The lowest BCUT2D eigenvalue weighted by molar-refractivity contribution is -0.132. The smallest absolute Gasteiger partial charge is 0.246 e. The number of hydrogen-bond donors (Lipinski definition) is 1. The highest BCUT2D eigenvalue weighted by Gasteiger charge is 2.31. The van der Waals surface area contributed by atoms with Gasteiger partial charge in [0.2, 0.25) is 5.91 Å². The van der Waals surface area contributed by atoms with Crippen molar-refractivity contribution in [3.63, 3.8) is 0 Å². The van der Waals surface area contributed by atoms with E-state index in [0.717, 1.165) is 23.4 Å². The van der Waals surface area contributed by atoms with Gasteiger partial charge in [0.05, 0.1) is 0 Å². The molecule has 144 valence electrons. The highest BCUT2D eigenvalue weighted by atomic mass is 35.5. The molecule has 4 nitrogen and oxygen atoms in total. The van der Waals surface area contributed by atoms with Gasteiger partial charge in [-0.05, 0) is 54.4 Å². The summed E-state index contributed by atoms with van der Waals surface area (Å²) in [5, 5.41) is 4.36. The number of anilines is 1. The summed E-state index contributed by atoms with van der Waals surface area (Å²) in [6, 6.07) is 9.59. The first-order valence-electron chi connectivity index (χ1n) is 8.78. The summed E-state index contributed by atoms with van der Waals surface area (Å²) in [5.74, 6) is -0.286. The van der Waals surface area contributed by atoms with Gasteiger partial charge >= 0.3 is 0 Å². The van der Waals surface area contributed by atoms with E-state index < -0.39 is 0 Å². The second kappa shape index (κ2) is 8.46. The van der Waals surface area contributed by atoms with Crippen LogP contribution in [0.1, 0.15) is 11.1 Å². The monoisotopic (exact) mass is 409 g/mol. The lowest BCUT2D eigenvalue weighted by Gasteiger charge is -2.39. The number of nitrogens with zero attached hydrogens (tertiary/aromatic N) is 2. The number of rotatable bonds is 4. The molecule has 1 saturated heterocycles. The average Bonchev–Trinajstić information content (AvgIpc) is 2.60. The molecule has 0 unspecified atom stereocenters. The topological polar surface area (TPSA) is 35.6 Å². The summed E-state index contributed by atoms with van der Waals surface area (Å²) >= 11 is 12.1. The van der Waals surface area contributed by atoms with Gasteiger partial charge in [0.1, 0.15) is 11.9 Å². The first-order valence-corrected chi connectivity index (χ1v) is 9.54. The first-order chi connectivity index (χ1) is 12.8. The third-order valence-corrected chi connectivity index (χ3v) is 5.15. The molecule has 3 rings (SSSR count). The molecular formula is C20H22Cl2FN3O. The van der Waals surface area contributed by atoms with Crippen LogP contribution in [0.4, 0.5) is 10.1 Å². The first kappa shape index (κ1) is 19.9. The maximum absolute atomic E-state index is 13.5. The number of nitrogens with one attached hydrogen (secondary N) is 1. The van der Waals surface area contributed by atoms with Crippen molar-refractivity contribution in [3.05, 3.63) is 63.4 Å². The van der Waals surface area contributed by atoms with Crippen molar-refractivity contribution in [1.29, 1.82) is 0 Å². The molecule has 2 aromatic rings. The Balaban J connectivity index is 1.80. The van der Waals surface area contributed by atoms with E-state index in [4.69, 9.17) is 23.2 Å². The average molecular weight is 410 g/mol. The second-order valence-electron chi connectivity index (χ2n) is 6.82. The van der Waals surface area contributed by atoms with Crippen LogP contribution in [-0.4, -0.2) is 43.5 Å². The Labute approximate surface area is 168 Å². The summed E-state index contributed by atoms with van der Waals surface area (Å²) < 4.78 is 13.5. The summed E-state index contributed by atoms with van der Waals surface area (Å²) in [6.07, 6.45) is 0. The van der Waals surface area contributed by atoms with Crippen LogP contribution >= 0.6 is 23.2 Å². The van der Waals surface area contributed by atoms with E-state index in [0.29, 0.717) is 29.7 Å². The number of hydrogen-bond acceptors (Lipinski definition) is 3. The van der Waals surface area contributed by atoms with Gasteiger partial charge < -0.3 is 15.1 Å². The molecule has 1 fully saturated rings. The summed E-state index contributed by atoms with van der Waals surface area (Å²) in [7, 11) is 1.77. The van der Waals surface area contributed by atoms with Gasteiger partial charge in [-0.15, -0.1) is 0 Å². The van der Waals surface area contributed by atoms with Gasteiger partial charge in [-0.25, -0.2) is 4.39 Å². The summed E-state index contributed by atoms with van der Waals surface area (Å²) in [6.45, 7) is 4.26. The van der Waals surface area contributed by atoms with Crippen LogP contribution < -0.4 is 10.2 Å². The molecule has 0 bridgehead atoms. The minimum atomic E-state index is -0.359. The van der Waals surface area contributed by atoms with Crippen molar-refractivity contribution in [3.8, 4) is 0 Å². The molecule has 0 aliphatic carbocycles. The zero-order valence-corrected chi connectivity index (χ0v) is 16.8. The highest BCUT2D eigenvalue weighted by Crippen LogP contribution is 2.25. The molecule has 0 saturated carbocycles. The molecule has 1 heterocycles. The van der Waals surface area contributed by atoms with Gasteiger partial charge in [-0.1, -0.05) is 23.2 Å². The Bertz CT molecular complexity index is 826. The summed E-state index contributed by atoms with van der Waals surface area (Å²) in [5.41, 5.74) is 2.58. The fraction of sp³-hybridized carbons (Fsp3) is 0.350. The van der Waals surface area contributed by atoms with Crippen molar-refractivity contribution in [1.82, 2.24) is 10.2 Å². The van der Waals surface area contributed by atoms with Crippen LogP contribution in [0.25, 0.3) is 0 Å². The fourth-order valence-corrected chi connectivity index (χ4v) is 4.03. The number of aryl methyl sites for hydroxylation is 1. The Morgan fingerprint density at radius 2 is 1.96 bits per heavy atom. The number of amides is 1. The van der Waals surface area contributed by atoms with Gasteiger partial charge in [0, 0.05) is 49.0 Å². The van der Waals surface area contributed by atoms with E-state index in [1.165, 1.54) is 12.1 Å². The molecule has 1 amide bonds. The Hall–Kier alpha value is -1.82. The molecule has 27 heavy (non-hydrogen) atoms. The number of piperazine rings is 1. The lowest BCUT2D eigenvalue weighted by Crippen LogP contribution is -2.58. The third kappa shape index (κ3) is 4.72. The number of carbonyl (C=O) groups excluding carboxylic acids is 1. The van der Waals surface area contributed by atoms with Crippen LogP contribution in [0, 0.1) is 12.7 Å². The van der Waals surface area contributed by atoms with Crippen molar-refractivity contribution in [2.75, 3.05) is 31.6 Å². The van der Waals surface area contributed by atoms with Crippen molar-refractivity contribution in [2.24, 2.45) is 0 Å². The molecular weight excluding hydrogens is 388 g/mol. The van der Waals surface area contributed by atoms with Gasteiger partial charge in [0.25, 0.3) is 0 Å². The maximum Gasteiger partial charge on any atom is 0.246 e. The Kier molecular flexibility index (Phi) is 6.25. The molecule has 1 N–H and O–H groups in total.